The van der Waals surface area contributed by atoms with Gasteiger partial charge in [-0.1, -0.05) is 12.1 Å². The van der Waals surface area contributed by atoms with E-state index in [1.54, 1.807) is 23.5 Å². The van der Waals surface area contributed by atoms with Gasteiger partial charge in [0.15, 0.2) is 0 Å². The Morgan fingerprint density at radius 3 is 2.71 bits per heavy atom. The predicted molar refractivity (Wildman–Crippen MR) is 132 cm³/mol. The molecule has 2 aromatic carbocycles. The van der Waals surface area contributed by atoms with Crippen LogP contribution >= 0.6 is 11.3 Å². The molecule has 10 heteroatoms. The van der Waals surface area contributed by atoms with Crippen molar-refractivity contribution in [2.24, 2.45) is 5.92 Å². The highest BCUT2D eigenvalue weighted by Crippen LogP contribution is 2.33. The van der Waals surface area contributed by atoms with Crippen LogP contribution in [0.15, 0.2) is 52.7 Å². The smallest absolute Gasteiger partial charge is 0.246 e. The van der Waals surface area contributed by atoms with Crippen LogP contribution in [0.3, 0.4) is 0 Å². The minimum absolute atomic E-state index is 0.0293. The Kier molecular flexibility index (Phi) is 7.20. The van der Waals surface area contributed by atoms with E-state index in [1.165, 1.54) is 24.6 Å². The minimum atomic E-state index is -3.88. The minimum Gasteiger partial charge on any atom is -0.497 e. The van der Waals surface area contributed by atoms with E-state index in [4.69, 9.17) is 9.47 Å². The van der Waals surface area contributed by atoms with Gasteiger partial charge >= 0.3 is 0 Å². The number of aromatic nitrogens is 1. The van der Waals surface area contributed by atoms with Crippen molar-refractivity contribution < 1.29 is 22.7 Å². The van der Waals surface area contributed by atoms with Gasteiger partial charge in [-0.15, -0.1) is 11.3 Å². The Labute approximate surface area is 203 Å². The van der Waals surface area contributed by atoms with Crippen molar-refractivity contribution in [1.29, 1.82) is 0 Å². The van der Waals surface area contributed by atoms with E-state index >= 15 is 0 Å². The van der Waals surface area contributed by atoms with Crippen molar-refractivity contribution in [1.82, 2.24) is 9.29 Å². The van der Waals surface area contributed by atoms with Gasteiger partial charge in [-0.05, 0) is 44.0 Å². The second-order valence-corrected chi connectivity index (χ2v) is 11.0. The highest BCUT2D eigenvalue weighted by molar-refractivity contribution is 7.89. The number of aryl methyl sites for hydroxylation is 1. The summed E-state index contributed by atoms with van der Waals surface area (Å²) in [7, 11) is -0.975. The summed E-state index contributed by atoms with van der Waals surface area (Å²) >= 11 is 1.57. The summed E-state index contributed by atoms with van der Waals surface area (Å²) < 4.78 is 38.7. The number of thiazole rings is 1. The van der Waals surface area contributed by atoms with Crippen LogP contribution in [0.25, 0.3) is 11.3 Å². The van der Waals surface area contributed by atoms with Crippen LogP contribution in [0.2, 0.25) is 0 Å². The van der Waals surface area contributed by atoms with Crippen molar-refractivity contribution in [2.75, 3.05) is 32.6 Å². The normalized spacial score (nSPS) is 16.7. The zero-order chi connectivity index (χ0) is 24.3. The molecule has 8 nitrogen and oxygen atoms in total. The fourth-order valence-corrected chi connectivity index (χ4v) is 6.31. The highest BCUT2D eigenvalue weighted by atomic mass is 32.2. The van der Waals surface area contributed by atoms with Crippen LogP contribution in [0.1, 0.15) is 17.8 Å². The molecule has 0 spiro atoms. The first kappa shape index (κ1) is 24.2. The lowest BCUT2D eigenvalue weighted by Crippen LogP contribution is -2.43. The Bertz CT molecular complexity index is 1290. The van der Waals surface area contributed by atoms with E-state index in [0.29, 0.717) is 30.8 Å². The molecular weight excluding hydrogens is 474 g/mol. The quantitative estimate of drug-likeness (QED) is 0.522. The number of carbonyl (C=O) groups excluding carboxylic acids is 1. The Balaban J connectivity index is 1.50. The van der Waals surface area contributed by atoms with Crippen LogP contribution in [0.5, 0.6) is 11.5 Å². The van der Waals surface area contributed by atoms with E-state index in [9.17, 15) is 13.2 Å². The number of hydrogen-bond acceptors (Lipinski definition) is 7. The third-order valence-electron chi connectivity index (χ3n) is 5.79. The average molecular weight is 502 g/mol. The van der Waals surface area contributed by atoms with Gasteiger partial charge in [0.1, 0.15) is 16.4 Å². The molecular formula is C24H27N3O5S2. The molecule has 0 bridgehead atoms. The van der Waals surface area contributed by atoms with Crippen LogP contribution < -0.4 is 14.8 Å². The van der Waals surface area contributed by atoms with E-state index in [1.807, 2.05) is 36.6 Å². The van der Waals surface area contributed by atoms with Crippen LogP contribution in [0.4, 0.5) is 5.69 Å². The summed E-state index contributed by atoms with van der Waals surface area (Å²) in [6.45, 7) is 2.38. The summed E-state index contributed by atoms with van der Waals surface area (Å²) in [6, 6.07) is 12.2. The fraction of sp³-hybridized carbons (Fsp3) is 0.333. The van der Waals surface area contributed by atoms with Gasteiger partial charge in [0, 0.05) is 35.8 Å². The number of rotatable bonds is 7. The van der Waals surface area contributed by atoms with Crippen molar-refractivity contribution in [3.63, 3.8) is 0 Å². The molecule has 0 aliphatic carbocycles. The van der Waals surface area contributed by atoms with Gasteiger partial charge in [-0.3, -0.25) is 4.79 Å². The number of nitrogens with one attached hydrogen (secondary N) is 1. The molecule has 2 heterocycles. The summed E-state index contributed by atoms with van der Waals surface area (Å²) in [5.74, 6) is -0.0169. The first-order valence-electron chi connectivity index (χ1n) is 10.9. The summed E-state index contributed by atoms with van der Waals surface area (Å²) in [4.78, 5) is 17.6. The molecule has 1 amide bonds. The molecule has 1 atom stereocenters. The van der Waals surface area contributed by atoms with E-state index in [0.717, 1.165) is 16.3 Å². The SMILES string of the molecule is COc1ccc(OC)c(S(=O)(=O)N2CCC[C@H](C(=O)Nc3cccc(-c4csc(C)n4)c3)C2)c1. The zero-order valence-electron chi connectivity index (χ0n) is 19.3. The lowest BCUT2D eigenvalue weighted by molar-refractivity contribution is -0.120. The number of carbonyl (C=O) groups is 1. The van der Waals surface area contributed by atoms with E-state index < -0.39 is 15.9 Å². The second kappa shape index (κ2) is 10.1. The number of ether oxygens (including phenoxy) is 2. The van der Waals surface area contributed by atoms with Crippen molar-refractivity contribution in [3.05, 3.63) is 52.9 Å². The van der Waals surface area contributed by atoms with Crippen molar-refractivity contribution in [2.45, 2.75) is 24.7 Å². The molecule has 0 saturated carbocycles. The molecule has 4 rings (SSSR count). The van der Waals surface area contributed by atoms with Gasteiger partial charge in [0.2, 0.25) is 15.9 Å². The molecule has 0 unspecified atom stereocenters. The standard InChI is InChI=1S/C24H27N3O5S2/c1-16-25-21(15-33-16)17-6-4-8-19(12-17)26-24(28)18-7-5-11-27(14-18)34(29,30)23-13-20(31-2)9-10-22(23)32-3/h4,6,8-10,12-13,15,18H,5,7,11,14H2,1-3H3,(H,26,28)/t18-/m0/s1. The Morgan fingerprint density at radius 2 is 2.00 bits per heavy atom. The molecule has 1 aromatic heterocycles. The van der Waals surface area contributed by atoms with Gasteiger partial charge in [-0.2, -0.15) is 4.31 Å². The fourth-order valence-electron chi connectivity index (χ4n) is 4.00. The lowest BCUT2D eigenvalue weighted by Gasteiger charge is -2.31. The third kappa shape index (κ3) is 5.08. The predicted octanol–water partition coefficient (Wildman–Crippen LogP) is 4.18. The van der Waals surface area contributed by atoms with Gasteiger partial charge in [-0.25, -0.2) is 13.4 Å². The molecule has 0 radical (unpaired) electrons. The summed E-state index contributed by atoms with van der Waals surface area (Å²) in [5.41, 5.74) is 2.43. The Morgan fingerprint density at radius 1 is 1.18 bits per heavy atom. The van der Waals surface area contributed by atoms with Gasteiger partial charge in [0.25, 0.3) is 0 Å². The molecule has 1 aliphatic heterocycles. The number of sulfonamides is 1. The molecule has 1 N–H and O–H groups in total. The molecule has 34 heavy (non-hydrogen) atoms. The number of anilines is 1. The molecule has 180 valence electrons. The molecule has 3 aromatic rings. The molecule has 1 aliphatic rings. The topological polar surface area (TPSA) is 97.8 Å². The van der Waals surface area contributed by atoms with Gasteiger partial charge < -0.3 is 14.8 Å². The maximum atomic E-state index is 13.4. The first-order valence-corrected chi connectivity index (χ1v) is 13.2. The summed E-state index contributed by atoms with van der Waals surface area (Å²) in [6.07, 6.45) is 1.19. The maximum absolute atomic E-state index is 13.4. The van der Waals surface area contributed by atoms with E-state index in [2.05, 4.69) is 10.3 Å². The monoisotopic (exact) mass is 501 g/mol. The molecule has 1 saturated heterocycles. The lowest BCUT2D eigenvalue weighted by atomic mass is 9.98. The number of nitrogens with zero attached hydrogens (tertiary/aromatic N) is 2. The number of piperidine rings is 1. The van der Waals surface area contributed by atoms with Crippen molar-refractivity contribution >= 4 is 33.0 Å². The number of methoxy groups -OCH3 is 2. The maximum Gasteiger partial charge on any atom is 0.246 e. The van der Waals surface area contributed by atoms with Crippen molar-refractivity contribution in [3.8, 4) is 22.8 Å². The highest BCUT2D eigenvalue weighted by Gasteiger charge is 2.35. The van der Waals surface area contributed by atoms with Crippen LogP contribution in [0, 0.1) is 12.8 Å². The third-order valence-corrected chi connectivity index (χ3v) is 8.45. The van der Waals surface area contributed by atoms with E-state index in [-0.39, 0.29) is 23.1 Å². The number of benzene rings is 2. The zero-order valence-corrected chi connectivity index (χ0v) is 20.9. The largest absolute Gasteiger partial charge is 0.497 e. The van der Waals surface area contributed by atoms with Crippen LogP contribution in [-0.2, 0) is 14.8 Å². The average Bonchev–Trinajstić information content (AvgIpc) is 3.30. The summed E-state index contributed by atoms with van der Waals surface area (Å²) in [5, 5.41) is 5.90. The second-order valence-electron chi connectivity index (χ2n) is 8.04. The number of amides is 1. The molecule has 1 fully saturated rings. The number of hydrogen-bond donors (Lipinski definition) is 1. The Hall–Kier alpha value is -2.95. The van der Waals surface area contributed by atoms with Crippen LogP contribution in [-0.4, -0.2) is 50.9 Å². The first-order chi connectivity index (χ1) is 16.3. The van der Waals surface area contributed by atoms with Gasteiger partial charge in [0.05, 0.1) is 30.8 Å².